The Hall–Kier alpha value is -1.61. The highest BCUT2D eigenvalue weighted by molar-refractivity contribution is 5.76. The number of aliphatic hydroxyl groups is 1. The van der Waals surface area contributed by atoms with Crippen molar-refractivity contribution in [3.8, 4) is 0 Å². The van der Waals surface area contributed by atoms with Crippen molar-refractivity contribution >= 4 is 17.2 Å². The number of hydrogen-bond donors (Lipinski definition) is 1. The number of aromatic nitrogens is 1. The molecule has 3 nitrogen and oxygen atoms in total. The van der Waals surface area contributed by atoms with Crippen LogP contribution in [0.4, 0.5) is 0 Å². The van der Waals surface area contributed by atoms with Crippen molar-refractivity contribution in [2.45, 2.75) is 13.3 Å². The number of nitrogens with zero attached hydrogens (tertiary/aromatic N) is 1. The molecule has 0 unspecified atom stereocenters. The van der Waals surface area contributed by atoms with Gasteiger partial charge in [-0.2, -0.15) is 0 Å². The van der Waals surface area contributed by atoms with Gasteiger partial charge in [0.25, 0.3) is 0 Å². The van der Waals surface area contributed by atoms with E-state index in [1.54, 1.807) is 0 Å². The summed E-state index contributed by atoms with van der Waals surface area (Å²) >= 11 is 0. The van der Waals surface area contributed by atoms with Gasteiger partial charge in [0.2, 0.25) is 0 Å². The summed E-state index contributed by atoms with van der Waals surface area (Å²) < 4.78 is 5.42. The first-order valence-electron chi connectivity index (χ1n) is 4.94. The molecule has 2 aromatic rings. The second-order valence-corrected chi connectivity index (χ2v) is 3.37. The molecule has 15 heavy (non-hydrogen) atoms. The van der Waals surface area contributed by atoms with Crippen LogP contribution in [-0.2, 0) is 0 Å². The van der Waals surface area contributed by atoms with Crippen LogP contribution in [0, 0.1) is 6.92 Å². The SMILES string of the molecule is Cc1nc2ccc(C=CCCO)cc2o1. The largest absolute Gasteiger partial charge is 0.441 e. The van der Waals surface area contributed by atoms with Crippen LogP contribution < -0.4 is 0 Å². The fraction of sp³-hybridized carbons (Fsp3) is 0.250. The maximum Gasteiger partial charge on any atom is 0.192 e. The Labute approximate surface area is 88.1 Å². The second-order valence-electron chi connectivity index (χ2n) is 3.37. The number of oxazole rings is 1. The minimum Gasteiger partial charge on any atom is -0.441 e. The van der Waals surface area contributed by atoms with Gasteiger partial charge in [-0.05, 0) is 24.1 Å². The van der Waals surface area contributed by atoms with Gasteiger partial charge in [0, 0.05) is 13.5 Å². The first-order chi connectivity index (χ1) is 7.29. The minimum absolute atomic E-state index is 0.181. The first kappa shape index (κ1) is 9.93. The average molecular weight is 203 g/mol. The highest BCUT2D eigenvalue weighted by Gasteiger charge is 2.00. The molecule has 0 saturated carbocycles. The number of aliphatic hydroxyl groups excluding tert-OH is 1. The molecule has 2 rings (SSSR count). The number of hydrogen-bond acceptors (Lipinski definition) is 3. The molecule has 0 aliphatic heterocycles. The minimum atomic E-state index is 0.181. The summed E-state index contributed by atoms with van der Waals surface area (Å²) in [5, 5.41) is 8.64. The van der Waals surface area contributed by atoms with Crippen molar-refractivity contribution in [2.24, 2.45) is 0 Å². The molecule has 78 valence electrons. The molecule has 0 atom stereocenters. The molecule has 1 N–H and O–H groups in total. The van der Waals surface area contributed by atoms with E-state index in [1.807, 2.05) is 37.3 Å². The van der Waals surface area contributed by atoms with Gasteiger partial charge in [0.1, 0.15) is 5.52 Å². The molecule has 0 amide bonds. The quantitative estimate of drug-likeness (QED) is 0.833. The van der Waals surface area contributed by atoms with E-state index in [9.17, 15) is 0 Å². The van der Waals surface area contributed by atoms with Crippen molar-refractivity contribution in [1.29, 1.82) is 0 Å². The molecule has 0 radical (unpaired) electrons. The van der Waals surface area contributed by atoms with Crippen LogP contribution >= 0.6 is 0 Å². The standard InChI is InChI=1S/C12H13NO2/c1-9-13-11-6-5-10(4-2-3-7-14)8-12(11)15-9/h2,4-6,8,14H,3,7H2,1H3. The van der Waals surface area contributed by atoms with Gasteiger partial charge < -0.3 is 9.52 Å². The van der Waals surface area contributed by atoms with Gasteiger partial charge in [-0.25, -0.2) is 4.98 Å². The van der Waals surface area contributed by atoms with Crippen molar-refractivity contribution in [2.75, 3.05) is 6.61 Å². The number of aryl methyl sites for hydroxylation is 1. The summed E-state index contributed by atoms with van der Waals surface area (Å²) in [6.45, 7) is 2.02. The molecule has 0 bridgehead atoms. The Bertz CT molecular complexity index is 485. The molecular weight excluding hydrogens is 190 g/mol. The van der Waals surface area contributed by atoms with Crippen LogP contribution in [-0.4, -0.2) is 16.7 Å². The lowest BCUT2D eigenvalue weighted by Crippen LogP contribution is -1.76. The lowest BCUT2D eigenvalue weighted by Gasteiger charge is -1.92. The van der Waals surface area contributed by atoms with E-state index >= 15 is 0 Å². The van der Waals surface area contributed by atoms with Crippen molar-refractivity contribution in [3.05, 3.63) is 35.7 Å². The molecule has 3 heteroatoms. The topological polar surface area (TPSA) is 46.3 Å². The van der Waals surface area contributed by atoms with E-state index in [0.717, 1.165) is 16.7 Å². The molecule has 0 saturated heterocycles. The summed E-state index contributed by atoms with van der Waals surface area (Å²) in [6.07, 6.45) is 4.57. The van der Waals surface area contributed by atoms with Crippen molar-refractivity contribution < 1.29 is 9.52 Å². The fourth-order valence-electron chi connectivity index (χ4n) is 1.45. The molecular formula is C12H13NO2. The van der Waals surface area contributed by atoms with E-state index in [2.05, 4.69) is 4.98 Å². The van der Waals surface area contributed by atoms with E-state index < -0.39 is 0 Å². The van der Waals surface area contributed by atoms with Crippen molar-refractivity contribution in [3.63, 3.8) is 0 Å². The third kappa shape index (κ3) is 2.25. The third-order valence-electron chi connectivity index (χ3n) is 2.13. The predicted molar refractivity (Wildman–Crippen MR) is 59.5 cm³/mol. The maximum absolute atomic E-state index is 8.64. The summed E-state index contributed by atoms with van der Waals surface area (Å²) in [6, 6.07) is 5.87. The summed E-state index contributed by atoms with van der Waals surface area (Å²) in [7, 11) is 0. The zero-order valence-corrected chi connectivity index (χ0v) is 8.60. The van der Waals surface area contributed by atoms with Gasteiger partial charge in [0.05, 0.1) is 0 Å². The third-order valence-corrected chi connectivity index (χ3v) is 2.13. The molecule has 0 aliphatic carbocycles. The lowest BCUT2D eigenvalue weighted by atomic mass is 10.2. The van der Waals surface area contributed by atoms with E-state index in [-0.39, 0.29) is 6.61 Å². The Morgan fingerprint density at radius 3 is 3.13 bits per heavy atom. The summed E-state index contributed by atoms with van der Waals surface area (Å²) in [4.78, 5) is 4.22. The molecule has 0 spiro atoms. The van der Waals surface area contributed by atoms with Gasteiger partial charge in [0.15, 0.2) is 11.5 Å². The van der Waals surface area contributed by atoms with Crippen LogP contribution in [0.25, 0.3) is 17.2 Å². The van der Waals surface area contributed by atoms with Gasteiger partial charge in [-0.3, -0.25) is 0 Å². The highest BCUT2D eigenvalue weighted by atomic mass is 16.3. The normalized spacial score (nSPS) is 11.6. The van der Waals surface area contributed by atoms with Crippen LogP contribution in [0.2, 0.25) is 0 Å². The Kier molecular flexibility index (Phi) is 2.83. The van der Waals surface area contributed by atoms with Crippen LogP contribution in [0.1, 0.15) is 17.9 Å². The first-order valence-corrected chi connectivity index (χ1v) is 4.94. The van der Waals surface area contributed by atoms with Crippen LogP contribution in [0.5, 0.6) is 0 Å². The monoisotopic (exact) mass is 203 g/mol. The molecule has 1 aromatic carbocycles. The lowest BCUT2D eigenvalue weighted by molar-refractivity contribution is 0.303. The Balaban J connectivity index is 2.30. The van der Waals surface area contributed by atoms with Crippen LogP contribution in [0.15, 0.2) is 28.7 Å². The molecule has 1 aromatic heterocycles. The second kappa shape index (κ2) is 4.28. The van der Waals surface area contributed by atoms with E-state index in [0.29, 0.717) is 12.3 Å². The number of benzene rings is 1. The van der Waals surface area contributed by atoms with E-state index in [4.69, 9.17) is 9.52 Å². The summed E-state index contributed by atoms with van der Waals surface area (Å²) in [5.74, 6) is 0.682. The Morgan fingerprint density at radius 2 is 2.33 bits per heavy atom. The zero-order chi connectivity index (χ0) is 10.7. The number of rotatable bonds is 3. The summed E-state index contributed by atoms with van der Waals surface area (Å²) in [5.41, 5.74) is 2.75. The van der Waals surface area contributed by atoms with E-state index in [1.165, 1.54) is 0 Å². The van der Waals surface area contributed by atoms with Gasteiger partial charge in [-0.1, -0.05) is 18.2 Å². The Morgan fingerprint density at radius 1 is 1.47 bits per heavy atom. The molecule has 0 aliphatic rings. The molecule has 1 heterocycles. The highest BCUT2D eigenvalue weighted by Crippen LogP contribution is 2.17. The predicted octanol–water partition coefficient (Wildman–Crippen LogP) is 2.53. The van der Waals surface area contributed by atoms with Gasteiger partial charge >= 0.3 is 0 Å². The van der Waals surface area contributed by atoms with Crippen molar-refractivity contribution in [1.82, 2.24) is 4.98 Å². The van der Waals surface area contributed by atoms with Crippen LogP contribution in [0.3, 0.4) is 0 Å². The average Bonchev–Trinajstić information content (AvgIpc) is 2.57. The van der Waals surface area contributed by atoms with Gasteiger partial charge in [-0.15, -0.1) is 0 Å². The smallest absolute Gasteiger partial charge is 0.192 e. The maximum atomic E-state index is 8.64. The molecule has 0 fully saturated rings. The number of fused-ring (bicyclic) bond motifs is 1. The fourth-order valence-corrected chi connectivity index (χ4v) is 1.45. The zero-order valence-electron chi connectivity index (χ0n) is 8.60.